The lowest BCUT2D eigenvalue weighted by atomic mass is 10.0. The number of rotatable bonds is 12. The summed E-state index contributed by atoms with van der Waals surface area (Å²) in [6, 6.07) is 15.0. The van der Waals surface area contributed by atoms with E-state index in [1.54, 1.807) is 17.9 Å². The van der Waals surface area contributed by atoms with Gasteiger partial charge in [-0.2, -0.15) is 5.10 Å². The molecule has 0 saturated heterocycles. The van der Waals surface area contributed by atoms with Gasteiger partial charge in [0.2, 0.25) is 0 Å². The third-order valence-electron chi connectivity index (χ3n) is 5.45. The minimum atomic E-state index is -0.896. The molecular weight excluding hydrogens is 420 g/mol. The molecule has 0 saturated carbocycles. The maximum Gasteiger partial charge on any atom is 0.307 e. The molecule has 7 nitrogen and oxygen atoms in total. The number of carboxylic acids is 1. The molecule has 0 radical (unpaired) electrons. The van der Waals surface area contributed by atoms with E-state index >= 15 is 0 Å². The Morgan fingerprint density at radius 3 is 2.58 bits per heavy atom. The minimum Gasteiger partial charge on any atom is -0.496 e. The zero-order chi connectivity index (χ0) is 23.8. The van der Waals surface area contributed by atoms with Gasteiger partial charge in [-0.15, -0.1) is 0 Å². The number of ether oxygens (including phenoxy) is 2. The van der Waals surface area contributed by atoms with Gasteiger partial charge < -0.3 is 19.7 Å². The van der Waals surface area contributed by atoms with E-state index in [2.05, 4.69) is 6.92 Å². The standard InChI is InChI=1S/C26H32N2O5/c1-4-6-13-33-25-12-11-18(15-26(30)31)14-21(25)22-16-23(28(27-22)17-19(29)5-2)20-9-7-8-10-24(20)32-3/h7-12,14,16,19,29H,4-6,13,15,17H2,1-3H3,(H,30,31). The van der Waals surface area contributed by atoms with Crippen molar-refractivity contribution < 1.29 is 24.5 Å². The summed E-state index contributed by atoms with van der Waals surface area (Å²) in [4.78, 5) is 11.3. The summed E-state index contributed by atoms with van der Waals surface area (Å²) in [6.45, 7) is 4.91. The number of nitrogens with zero attached hydrogens (tertiary/aromatic N) is 2. The second kappa shape index (κ2) is 11.5. The molecule has 2 aromatic carbocycles. The summed E-state index contributed by atoms with van der Waals surface area (Å²) >= 11 is 0. The zero-order valence-electron chi connectivity index (χ0n) is 19.5. The van der Waals surface area contributed by atoms with Crippen LogP contribution in [0.2, 0.25) is 0 Å². The number of benzene rings is 2. The van der Waals surface area contributed by atoms with Gasteiger partial charge in [0.15, 0.2) is 0 Å². The number of carboxylic acid groups (broad SMARTS) is 1. The van der Waals surface area contributed by atoms with Gasteiger partial charge in [-0.1, -0.05) is 38.5 Å². The van der Waals surface area contributed by atoms with Crippen LogP contribution in [-0.4, -0.2) is 45.8 Å². The normalized spacial score (nSPS) is 11.9. The quantitative estimate of drug-likeness (QED) is 0.383. The monoisotopic (exact) mass is 452 g/mol. The van der Waals surface area contributed by atoms with Crippen molar-refractivity contribution in [2.75, 3.05) is 13.7 Å². The maximum absolute atomic E-state index is 11.3. The van der Waals surface area contributed by atoms with E-state index in [9.17, 15) is 15.0 Å². The molecule has 7 heteroatoms. The van der Waals surface area contributed by atoms with Crippen molar-refractivity contribution in [3.8, 4) is 34.0 Å². The molecule has 33 heavy (non-hydrogen) atoms. The molecule has 2 N–H and O–H groups in total. The van der Waals surface area contributed by atoms with Crippen LogP contribution in [0.25, 0.3) is 22.5 Å². The molecule has 0 bridgehead atoms. The van der Waals surface area contributed by atoms with Crippen LogP contribution >= 0.6 is 0 Å². The van der Waals surface area contributed by atoms with Crippen molar-refractivity contribution in [1.82, 2.24) is 9.78 Å². The molecule has 1 unspecified atom stereocenters. The largest absolute Gasteiger partial charge is 0.496 e. The summed E-state index contributed by atoms with van der Waals surface area (Å²) in [5.74, 6) is 0.465. The molecule has 1 atom stereocenters. The van der Waals surface area contributed by atoms with Crippen molar-refractivity contribution in [3.05, 3.63) is 54.1 Å². The lowest BCUT2D eigenvalue weighted by Crippen LogP contribution is -2.16. The van der Waals surface area contributed by atoms with E-state index in [0.29, 0.717) is 42.3 Å². The van der Waals surface area contributed by atoms with Crippen LogP contribution in [0.4, 0.5) is 0 Å². The summed E-state index contributed by atoms with van der Waals surface area (Å²) in [6.07, 6.45) is 1.88. The first-order valence-electron chi connectivity index (χ1n) is 11.3. The molecule has 176 valence electrons. The van der Waals surface area contributed by atoms with Crippen LogP contribution in [0.5, 0.6) is 11.5 Å². The van der Waals surface area contributed by atoms with E-state index in [1.165, 1.54) is 0 Å². The van der Waals surface area contributed by atoms with Crippen molar-refractivity contribution in [3.63, 3.8) is 0 Å². The second-order valence-electron chi connectivity index (χ2n) is 7.96. The van der Waals surface area contributed by atoms with Gasteiger partial charge in [0.25, 0.3) is 0 Å². The highest BCUT2D eigenvalue weighted by molar-refractivity contribution is 5.77. The first-order chi connectivity index (χ1) is 16.0. The van der Waals surface area contributed by atoms with Crippen molar-refractivity contribution in [1.29, 1.82) is 0 Å². The van der Waals surface area contributed by atoms with E-state index in [1.807, 2.05) is 49.4 Å². The van der Waals surface area contributed by atoms with E-state index in [4.69, 9.17) is 14.6 Å². The van der Waals surface area contributed by atoms with Gasteiger partial charge in [0.1, 0.15) is 11.5 Å². The second-order valence-corrected chi connectivity index (χ2v) is 7.96. The average Bonchev–Trinajstić information content (AvgIpc) is 3.22. The Labute approximate surface area is 194 Å². The number of aromatic nitrogens is 2. The number of hydrogen-bond donors (Lipinski definition) is 2. The highest BCUT2D eigenvalue weighted by Gasteiger charge is 2.19. The topological polar surface area (TPSA) is 93.8 Å². The Kier molecular flexibility index (Phi) is 8.49. The first-order valence-corrected chi connectivity index (χ1v) is 11.3. The Morgan fingerprint density at radius 1 is 1.09 bits per heavy atom. The summed E-state index contributed by atoms with van der Waals surface area (Å²) in [5, 5.41) is 24.4. The Hall–Kier alpha value is -3.32. The Morgan fingerprint density at radius 2 is 1.88 bits per heavy atom. The van der Waals surface area contributed by atoms with Crippen LogP contribution in [0.1, 0.15) is 38.7 Å². The van der Waals surface area contributed by atoms with Gasteiger partial charge in [-0.3, -0.25) is 9.48 Å². The number of aliphatic carboxylic acids is 1. The van der Waals surface area contributed by atoms with Gasteiger partial charge >= 0.3 is 5.97 Å². The van der Waals surface area contributed by atoms with Crippen LogP contribution in [0.15, 0.2) is 48.5 Å². The molecule has 0 amide bonds. The lowest BCUT2D eigenvalue weighted by Gasteiger charge is -2.13. The molecule has 1 aromatic heterocycles. The van der Waals surface area contributed by atoms with E-state index < -0.39 is 12.1 Å². The molecule has 3 aromatic rings. The fraction of sp³-hybridized carbons (Fsp3) is 0.385. The van der Waals surface area contributed by atoms with Crippen LogP contribution in [0.3, 0.4) is 0 Å². The zero-order valence-corrected chi connectivity index (χ0v) is 19.5. The summed E-state index contributed by atoms with van der Waals surface area (Å²) in [7, 11) is 1.62. The van der Waals surface area contributed by atoms with Crippen molar-refractivity contribution in [2.24, 2.45) is 0 Å². The summed E-state index contributed by atoms with van der Waals surface area (Å²) < 4.78 is 13.4. The van der Waals surface area contributed by atoms with Crippen molar-refractivity contribution in [2.45, 2.75) is 52.2 Å². The predicted octanol–water partition coefficient (Wildman–Crippen LogP) is 4.80. The molecule has 0 aliphatic rings. The third kappa shape index (κ3) is 6.14. The van der Waals surface area contributed by atoms with Crippen LogP contribution < -0.4 is 9.47 Å². The van der Waals surface area contributed by atoms with Gasteiger partial charge in [0, 0.05) is 11.1 Å². The number of carbonyl (C=O) groups is 1. The fourth-order valence-electron chi connectivity index (χ4n) is 3.60. The van der Waals surface area contributed by atoms with Crippen molar-refractivity contribution >= 4 is 5.97 Å². The predicted molar refractivity (Wildman–Crippen MR) is 128 cm³/mol. The SMILES string of the molecule is CCCCOc1ccc(CC(=O)O)cc1-c1cc(-c2ccccc2OC)n(CC(O)CC)n1. The summed E-state index contributed by atoms with van der Waals surface area (Å²) in [5.41, 5.74) is 3.71. The molecule has 3 rings (SSSR count). The number of aliphatic hydroxyl groups is 1. The molecule has 0 fully saturated rings. The maximum atomic E-state index is 11.3. The number of unbranched alkanes of at least 4 members (excludes halogenated alkanes) is 1. The van der Waals surface area contributed by atoms with Crippen LogP contribution in [-0.2, 0) is 17.8 Å². The minimum absolute atomic E-state index is 0.0864. The van der Waals surface area contributed by atoms with E-state index in [0.717, 1.165) is 29.7 Å². The Balaban J connectivity index is 2.13. The number of hydrogen-bond acceptors (Lipinski definition) is 5. The molecular formula is C26H32N2O5. The highest BCUT2D eigenvalue weighted by Crippen LogP contribution is 2.36. The fourth-order valence-corrected chi connectivity index (χ4v) is 3.60. The Bertz CT molecular complexity index is 1080. The molecule has 0 aliphatic carbocycles. The van der Waals surface area contributed by atoms with E-state index in [-0.39, 0.29) is 6.42 Å². The van der Waals surface area contributed by atoms with Crippen LogP contribution in [0, 0.1) is 0 Å². The van der Waals surface area contributed by atoms with Gasteiger partial charge in [-0.25, -0.2) is 0 Å². The molecule has 1 heterocycles. The van der Waals surface area contributed by atoms with Gasteiger partial charge in [0.05, 0.1) is 44.2 Å². The highest BCUT2D eigenvalue weighted by atomic mass is 16.5. The molecule has 0 spiro atoms. The number of methoxy groups -OCH3 is 1. The van der Waals surface area contributed by atoms with Gasteiger partial charge in [-0.05, 0) is 48.7 Å². The number of para-hydroxylation sites is 1. The molecule has 0 aliphatic heterocycles. The average molecular weight is 453 g/mol. The first kappa shape index (κ1) is 24.3. The lowest BCUT2D eigenvalue weighted by molar-refractivity contribution is -0.136. The number of aliphatic hydroxyl groups excluding tert-OH is 1. The smallest absolute Gasteiger partial charge is 0.307 e. The third-order valence-corrected chi connectivity index (χ3v) is 5.45.